The van der Waals surface area contributed by atoms with Gasteiger partial charge in [-0.15, -0.1) is 11.8 Å². The van der Waals surface area contributed by atoms with Crippen molar-refractivity contribution >= 4 is 71.5 Å². The molecule has 0 spiro atoms. The minimum Gasteiger partial charge on any atom is -0.463 e. The molecule has 0 fully saturated rings. The summed E-state index contributed by atoms with van der Waals surface area (Å²) in [6.07, 6.45) is 10.1. The third-order valence-corrected chi connectivity index (χ3v) is 11.9. The largest absolute Gasteiger partial charge is 0.463 e. The zero-order chi connectivity index (χ0) is 77.3. The molecule has 0 saturated carbocycles. The van der Waals surface area contributed by atoms with Crippen molar-refractivity contribution in [3.63, 3.8) is 0 Å². The Morgan fingerprint density at radius 3 is 1.04 bits per heavy atom. The fourth-order valence-electron chi connectivity index (χ4n) is 6.17. The molecule has 0 aromatic heterocycles. The van der Waals surface area contributed by atoms with E-state index in [0.717, 1.165) is 43.6 Å². The standard InChI is InChI=1S/C15H24O2S.2C11H18O4.2C10H16O4.C10H18O2.C9H16O2/c1-12(2)16-10-14(17-13(3)4)11-18-15-8-6-5-7-9-15;1-8(2)7-10(12)14-5-6-15-11(13)9(3)4;1-8(2)11(13)14-7-5-6-10(12)15-9(3)4;1-4-9(11)13-5-6-14-10(12)7-8(2)3;1-4-9(11)13-7-5-6-10(12)14-8(2)3;1-8(2)6-5-7-12-10(11)9(3)4;1-4-9(10)11-7-5-6-8(2)3/h5-9,12-14H,10-11H2,1-4H3;8H,3,5-7H2,1-2,4H3;9H,1,5-7H2,2-4H3;2*4,8H,1,5-7H2,2-3H3;8H,3,5-7H2,1-2,4H3;4,8H,1,5-7H2,2-3H3. The first kappa shape index (κ1) is 103. The van der Waals surface area contributed by atoms with Crippen LogP contribution in [0.1, 0.15) is 196 Å². The molecule has 0 aliphatic carbocycles. The lowest BCUT2D eigenvalue weighted by atomic mass is 10.1. The van der Waals surface area contributed by atoms with Gasteiger partial charge < -0.3 is 56.8 Å². The second-order valence-corrected chi connectivity index (χ2v) is 25.8. The number of hydrogen-bond donors (Lipinski definition) is 0. The summed E-state index contributed by atoms with van der Waals surface area (Å²) in [4.78, 5) is 110. The van der Waals surface area contributed by atoms with Crippen LogP contribution in [-0.4, -0.2) is 155 Å². The Morgan fingerprint density at radius 1 is 0.394 bits per heavy atom. The average Bonchev–Trinajstić information content (AvgIpc) is 1.19. The molecule has 99 heavy (non-hydrogen) atoms. The highest BCUT2D eigenvalue weighted by atomic mass is 32.2. The first-order valence-electron chi connectivity index (χ1n) is 33.8. The Bertz CT molecular complexity index is 2330. The molecule has 0 N–H and O–H groups in total. The topological polar surface area (TPSA) is 281 Å². The van der Waals surface area contributed by atoms with E-state index in [9.17, 15) is 47.9 Å². The molecule has 22 nitrogen and oxygen atoms in total. The van der Waals surface area contributed by atoms with Gasteiger partial charge in [0.1, 0.15) is 26.4 Å². The van der Waals surface area contributed by atoms with Gasteiger partial charge in [0.15, 0.2) is 0 Å². The zero-order valence-corrected chi connectivity index (χ0v) is 64.4. The van der Waals surface area contributed by atoms with E-state index in [2.05, 4.69) is 129 Å². The fourth-order valence-corrected chi connectivity index (χ4v) is 7.07. The maximum absolute atomic E-state index is 11.1. The molecule has 0 saturated heterocycles. The molecule has 0 amide bonds. The normalized spacial score (nSPS) is 10.4. The van der Waals surface area contributed by atoms with Gasteiger partial charge in [0, 0.05) is 71.3 Å². The van der Waals surface area contributed by atoms with E-state index in [0.29, 0.717) is 74.1 Å². The Labute approximate surface area is 598 Å². The number of hydrogen-bond acceptors (Lipinski definition) is 23. The molecule has 1 unspecified atom stereocenters. The predicted octanol–water partition coefficient (Wildman–Crippen LogP) is 15.0. The molecule has 0 aliphatic heterocycles. The van der Waals surface area contributed by atoms with Crippen LogP contribution in [0.3, 0.4) is 0 Å². The van der Waals surface area contributed by atoms with Gasteiger partial charge in [0.05, 0.1) is 63.6 Å². The van der Waals surface area contributed by atoms with Gasteiger partial charge in [-0.05, 0) is 150 Å². The summed E-state index contributed by atoms with van der Waals surface area (Å²) in [5.41, 5.74) is 1.17. The van der Waals surface area contributed by atoms with E-state index in [4.69, 9.17) is 47.4 Å². The van der Waals surface area contributed by atoms with Crippen molar-refractivity contribution < 1.29 is 105 Å². The van der Waals surface area contributed by atoms with Gasteiger partial charge in [-0.2, -0.15) is 0 Å². The molecule has 568 valence electrons. The number of benzene rings is 1. The van der Waals surface area contributed by atoms with Crippen LogP contribution in [0.5, 0.6) is 0 Å². The van der Waals surface area contributed by atoms with Crippen molar-refractivity contribution in [3.8, 4) is 0 Å². The first-order chi connectivity index (χ1) is 46.3. The molecule has 1 aromatic rings. The zero-order valence-electron chi connectivity index (χ0n) is 63.6. The third-order valence-electron chi connectivity index (χ3n) is 10.7. The number of carbonyl (C=O) groups excluding carboxylic acids is 10. The lowest BCUT2D eigenvalue weighted by molar-refractivity contribution is -0.150. The van der Waals surface area contributed by atoms with Crippen LogP contribution in [0.15, 0.2) is 110 Å². The second kappa shape index (κ2) is 69.1. The minimum absolute atomic E-state index is 0.0781. The highest BCUT2D eigenvalue weighted by molar-refractivity contribution is 7.99. The minimum atomic E-state index is -0.509. The number of carbonyl (C=O) groups is 10. The molecular formula is C76H126O22S. The third kappa shape index (κ3) is 86.7. The van der Waals surface area contributed by atoms with Crippen molar-refractivity contribution in [1.82, 2.24) is 0 Å². The summed E-state index contributed by atoms with van der Waals surface area (Å²) in [6.45, 7) is 59.2. The van der Waals surface area contributed by atoms with Crippen molar-refractivity contribution in [2.75, 3.05) is 65.2 Å². The maximum atomic E-state index is 11.1. The number of esters is 10. The van der Waals surface area contributed by atoms with Gasteiger partial charge in [-0.25, -0.2) is 28.8 Å². The maximum Gasteiger partial charge on any atom is 0.333 e. The van der Waals surface area contributed by atoms with Gasteiger partial charge in [-0.3, -0.25) is 19.2 Å². The summed E-state index contributed by atoms with van der Waals surface area (Å²) in [6, 6.07) is 10.4. The number of ether oxygens (including phenoxy) is 12. The summed E-state index contributed by atoms with van der Waals surface area (Å²) in [5.74, 6) is -0.715. The lowest BCUT2D eigenvalue weighted by Gasteiger charge is -2.21. The van der Waals surface area contributed by atoms with Crippen molar-refractivity contribution in [3.05, 3.63) is 105 Å². The smallest absolute Gasteiger partial charge is 0.333 e. The van der Waals surface area contributed by atoms with Gasteiger partial charge >= 0.3 is 59.7 Å². The Morgan fingerprint density at radius 2 is 0.717 bits per heavy atom. The Balaban J connectivity index is -0.000000256. The molecule has 0 bridgehead atoms. The summed E-state index contributed by atoms with van der Waals surface area (Å²) in [5, 5.41) is 0. The Kier molecular flexibility index (Phi) is 71.7. The number of rotatable bonds is 42. The first-order valence-corrected chi connectivity index (χ1v) is 34.8. The molecule has 1 rings (SSSR count). The average molecular weight is 1420 g/mol. The lowest BCUT2D eigenvalue weighted by Crippen LogP contribution is -2.27. The van der Waals surface area contributed by atoms with Crippen LogP contribution in [0, 0.1) is 23.7 Å². The van der Waals surface area contributed by atoms with Gasteiger partial charge in [0.2, 0.25) is 0 Å². The van der Waals surface area contributed by atoms with E-state index < -0.39 is 23.9 Å². The van der Waals surface area contributed by atoms with E-state index in [1.807, 2.05) is 45.5 Å². The number of thioether (sulfide) groups is 1. The van der Waals surface area contributed by atoms with E-state index >= 15 is 0 Å². The van der Waals surface area contributed by atoms with Crippen LogP contribution in [0.4, 0.5) is 0 Å². The fraction of sp³-hybridized carbons (Fsp3) is 0.632. The molecule has 0 heterocycles. The van der Waals surface area contributed by atoms with Crippen LogP contribution in [0.25, 0.3) is 0 Å². The highest BCUT2D eigenvalue weighted by Gasteiger charge is 2.15. The molecule has 0 radical (unpaired) electrons. The van der Waals surface area contributed by atoms with Gasteiger partial charge in [-0.1, -0.05) is 113 Å². The Hall–Kier alpha value is -7.37. The molecule has 1 atom stereocenters. The van der Waals surface area contributed by atoms with E-state index in [1.54, 1.807) is 48.5 Å². The molecule has 1 aromatic carbocycles. The second-order valence-electron chi connectivity index (χ2n) is 24.7. The van der Waals surface area contributed by atoms with Crippen molar-refractivity contribution in [1.29, 1.82) is 0 Å². The SMILES string of the molecule is C=C(C)C(=O)OCCCC(=O)OC(C)C.C=C(C)C(=O)OCCCC(C)C.C=C(C)C(=O)OCCOC(=O)CC(C)C.C=CC(=O)OCCCC(=O)OC(C)C.C=CC(=O)OCCCC(C)C.C=CC(=O)OCCOC(=O)CC(C)C.CC(C)OCC(CSc1ccccc1)OC(C)C. The van der Waals surface area contributed by atoms with Crippen LogP contribution in [-0.2, 0) is 105 Å². The van der Waals surface area contributed by atoms with E-state index in [-0.39, 0.29) is 131 Å². The predicted molar refractivity (Wildman–Crippen MR) is 389 cm³/mol. The van der Waals surface area contributed by atoms with Crippen molar-refractivity contribution in [2.45, 2.75) is 231 Å². The summed E-state index contributed by atoms with van der Waals surface area (Å²) < 4.78 is 59.5. The van der Waals surface area contributed by atoms with Gasteiger partial charge in [0.25, 0.3) is 0 Å². The monoisotopic (exact) mass is 1420 g/mol. The van der Waals surface area contributed by atoms with Crippen molar-refractivity contribution in [2.24, 2.45) is 23.7 Å². The quantitative estimate of drug-likeness (QED) is 0.0193. The highest BCUT2D eigenvalue weighted by Crippen LogP contribution is 2.20. The van der Waals surface area contributed by atoms with E-state index in [1.165, 1.54) is 11.0 Å². The van der Waals surface area contributed by atoms with Crippen LogP contribution >= 0.6 is 11.8 Å². The molecular weight excluding hydrogens is 1300 g/mol. The molecule has 0 aliphatic rings. The summed E-state index contributed by atoms with van der Waals surface area (Å²) in [7, 11) is 0. The molecule has 23 heteroatoms. The van der Waals surface area contributed by atoms with Crippen LogP contribution < -0.4 is 0 Å². The van der Waals surface area contributed by atoms with Crippen LogP contribution in [0.2, 0.25) is 0 Å². The summed E-state index contributed by atoms with van der Waals surface area (Å²) >= 11 is 1.82.